The molecule has 5 heteroatoms. The summed E-state index contributed by atoms with van der Waals surface area (Å²) in [4.78, 5) is 14.7. The molecule has 2 atom stereocenters. The van der Waals surface area contributed by atoms with Crippen LogP contribution < -0.4 is 10.1 Å². The van der Waals surface area contributed by atoms with Crippen LogP contribution in [-0.4, -0.2) is 50.3 Å². The Morgan fingerprint density at radius 2 is 1.87 bits per heavy atom. The quantitative estimate of drug-likeness (QED) is 0.873. The largest absolute Gasteiger partial charge is 0.496 e. The minimum absolute atomic E-state index is 0.0311. The highest BCUT2D eigenvalue weighted by Crippen LogP contribution is 2.25. The van der Waals surface area contributed by atoms with Gasteiger partial charge < -0.3 is 14.4 Å². The standard InChI is InChI=1S/C18H28N2O3/c1-13(2)17(18(21)20-9-11-23-12-10-20)19-14(3)15-7-5-6-8-16(15)22-4/h5-8,13-14,17,19H,9-12H2,1-4H3/t14-,17+/m1/s1. The van der Waals surface area contributed by atoms with Crippen LogP contribution in [0.15, 0.2) is 24.3 Å². The molecule has 0 aliphatic carbocycles. The summed E-state index contributed by atoms with van der Waals surface area (Å²) < 4.78 is 10.8. The van der Waals surface area contributed by atoms with Crippen molar-refractivity contribution in [2.45, 2.75) is 32.9 Å². The number of nitrogens with zero attached hydrogens (tertiary/aromatic N) is 1. The molecule has 5 nitrogen and oxygen atoms in total. The molecular weight excluding hydrogens is 292 g/mol. The molecule has 0 radical (unpaired) electrons. The highest BCUT2D eigenvalue weighted by Gasteiger charge is 2.29. The van der Waals surface area contributed by atoms with Crippen molar-refractivity contribution in [3.63, 3.8) is 0 Å². The number of hydrogen-bond donors (Lipinski definition) is 1. The van der Waals surface area contributed by atoms with Crippen molar-refractivity contribution in [3.8, 4) is 5.75 Å². The Balaban J connectivity index is 2.10. The maximum absolute atomic E-state index is 12.8. The van der Waals surface area contributed by atoms with E-state index in [1.807, 2.05) is 29.2 Å². The Morgan fingerprint density at radius 1 is 1.22 bits per heavy atom. The topological polar surface area (TPSA) is 50.8 Å². The first-order chi connectivity index (χ1) is 11.0. The molecule has 1 N–H and O–H groups in total. The number of nitrogens with one attached hydrogen (secondary N) is 1. The molecule has 1 heterocycles. The predicted molar refractivity (Wildman–Crippen MR) is 90.6 cm³/mol. The summed E-state index contributed by atoms with van der Waals surface area (Å²) in [6, 6.07) is 7.74. The van der Waals surface area contributed by atoms with Crippen molar-refractivity contribution in [2.24, 2.45) is 5.92 Å². The molecule has 0 saturated carbocycles. The molecule has 0 aromatic heterocycles. The molecule has 0 bridgehead atoms. The molecule has 23 heavy (non-hydrogen) atoms. The van der Waals surface area contributed by atoms with Gasteiger partial charge >= 0.3 is 0 Å². The van der Waals surface area contributed by atoms with Gasteiger partial charge in [0, 0.05) is 24.7 Å². The average molecular weight is 320 g/mol. The zero-order chi connectivity index (χ0) is 16.8. The van der Waals surface area contributed by atoms with Gasteiger partial charge in [0.25, 0.3) is 0 Å². The number of carbonyl (C=O) groups excluding carboxylic acids is 1. The fraction of sp³-hybridized carbons (Fsp3) is 0.611. The van der Waals surface area contributed by atoms with Gasteiger partial charge in [-0.25, -0.2) is 0 Å². The van der Waals surface area contributed by atoms with Crippen molar-refractivity contribution >= 4 is 5.91 Å². The summed E-state index contributed by atoms with van der Waals surface area (Å²) in [5, 5.41) is 3.49. The Morgan fingerprint density at radius 3 is 2.48 bits per heavy atom. The number of benzene rings is 1. The van der Waals surface area contributed by atoms with E-state index >= 15 is 0 Å². The van der Waals surface area contributed by atoms with Crippen LogP contribution >= 0.6 is 0 Å². The summed E-state index contributed by atoms with van der Waals surface area (Å²) in [7, 11) is 1.67. The fourth-order valence-corrected chi connectivity index (χ4v) is 2.91. The van der Waals surface area contributed by atoms with Gasteiger partial charge in [0.1, 0.15) is 5.75 Å². The molecule has 1 amide bonds. The Kier molecular flexibility index (Phi) is 6.42. The van der Waals surface area contributed by atoms with Gasteiger partial charge in [0.2, 0.25) is 5.91 Å². The Bertz CT molecular complexity index is 513. The van der Waals surface area contributed by atoms with Gasteiger partial charge in [0.05, 0.1) is 26.4 Å². The summed E-state index contributed by atoms with van der Waals surface area (Å²) >= 11 is 0. The van der Waals surface area contributed by atoms with Crippen molar-refractivity contribution in [1.29, 1.82) is 0 Å². The van der Waals surface area contributed by atoms with Crippen LogP contribution in [0.1, 0.15) is 32.4 Å². The highest BCUT2D eigenvalue weighted by atomic mass is 16.5. The van der Waals surface area contributed by atoms with Crippen LogP contribution in [0.3, 0.4) is 0 Å². The van der Waals surface area contributed by atoms with E-state index in [1.54, 1.807) is 7.11 Å². The number of amides is 1. The number of para-hydroxylation sites is 1. The van der Waals surface area contributed by atoms with Crippen molar-refractivity contribution in [3.05, 3.63) is 29.8 Å². The van der Waals surface area contributed by atoms with E-state index in [-0.39, 0.29) is 23.9 Å². The first-order valence-corrected chi connectivity index (χ1v) is 8.30. The lowest BCUT2D eigenvalue weighted by atomic mass is 9.99. The first kappa shape index (κ1) is 17.8. The lowest BCUT2D eigenvalue weighted by Gasteiger charge is -2.34. The molecule has 1 aromatic rings. The number of methoxy groups -OCH3 is 1. The molecule has 128 valence electrons. The minimum atomic E-state index is -0.215. The third-order valence-corrected chi connectivity index (χ3v) is 4.29. The Labute approximate surface area is 139 Å². The molecule has 2 rings (SSSR count). The van der Waals surface area contributed by atoms with E-state index in [0.29, 0.717) is 26.3 Å². The summed E-state index contributed by atoms with van der Waals surface area (Å²) in [6.07, 6.45) is 0. The van der Waals surface area contributed by atoms with Crippen LogP contribution in [0.25, 0.3) is 0 Å². The highest BCUT2D eigenvalue weighted by molar-refractivity contribution is 5.82. The number of carbonyl (C=O) groups is 1. The van der Waals surface area contributed by atoms with Crippen LogP contribution in [0.2, 0.25) is 0 Å². The third kappa shape index (κ3) is 4.45. The lowest BCUT2D eigenvalue weighted by Crippen LogP contribution is -2.52. The molecule has 1 aliphatic rings. The van der Waals surface area contributed by atoms with Gasteiger partial charge in [-0.05, 0) is 18.9 Å². The monoisotopic (exact) mass is 320 g/mol. The summed E-state index contributed by atoms with van der Waals surface area (Å²) in [6.45, 7) is 8.81. The first-order valence-electron chi connectivity index (χ1n) is 8.30. The van der Waals surface area contributed by atoms with Gasteiger partial charge in [-0.1, -0.05) is 32.0 Å². The van der Waals surface area contributed by atoms with Crippen LogP contribution in [0.4, 0.5) is 0 Å². The summed E-state index contributed by atoms with van der Waals surface area (Å²) in [5.74, 6) is 1.21. The van der Waals surface area contributed by atoms with E-state index in [2.05, 4.69) is 26.1 Å². The van der Waals surface area contributed by atoms with Crippen molar-refractivity contribution in [1.82, 2.24) is 10.2 Å². The fourth-order valence-electron chi connectivity index (χ4n) is 2.91. The van der Waals surface area contributed by atoms with E-state index in [0.717, 1.165) is 11.3 Å². The second kappa shape index (κ2) is 8.31. The Hall–Kier alpha value is -1.59. The van der Waals surface area contributed by atoms with Crippen molar-refractivity contribution < 1.29 is 14.3 Å². The van der Waals surface area contributed by atoms with Crippen molar-refractivity contribution in [2.75, 3.05) is 33.4 Å². The SMILES string of the molecule is COc1ccccc1[C@@H](C)N[C@H](C(=O)N1CCOCC1)C(C)C. The molecule has 1 saturated heterocycles. The number of morpholine rings is 1. The smallest absolute Gasteiger partial charge is 0.240 e. The molecule has 0 unspecified atom stereocenters. The molecule has 1 aromatic carbocycles. The number of hydrogen-bond acceptors (Lipinski definition) is 4. The van der Waals surface area contributed by atoms with Gasteiger partial charge in [0.15, 0.2) is 0 Å². The molecule has 1 aliphatic heterocycles. The predicted octanol–water partition coefficient (Wildman–Crippen LogP) is 2.23. The van der Waals surface area contributed by atoms with E-state index in [4.69, 9.17) is 9.47 Å². The average Bonchev–Trinajstić information content (AvgIpc) is 2.59. The van der Waals surface area contributed by atoms with Gasteiger partial charge in [-0.2, -0.15) is 0 Å². The number of rotatable bonds is 6. The minimum Gasteiger partial charge on any atom is -0.496 e. The molecule has 0 spiro atoms. The van der Waals surface area contributed by atoms with Gasteiger partial charge in [-0.3, -0.25) is 10.1 Å². The lowest BCUT2D eigenvalue weighted by molar-refractivity contribution is -0.138. The van der Waals surface area contributed by atoms with Crippen LogP contribution in [0.5, 0.6) is 5.75 Å². The molecule has 1 fully saturated rings. The van der Waals surface area contributed by atoms with Gasteiger partial charge in [-0.15, -0.1) is 0 Å². The zero-order valence-electron chi connectivity index (χ0n) is 14.5. The van der Waals surface area contributed by atoms with E-state index < -0.39 is 0 Å². The van der Waals surface area contributed by atoms with E-state index in [1.165, 1.54) is 0 Å². The zero-order valence-corrected chi connectivity index (χ0v) is 14.5. The third-order valence-electron chi connectivity index (χ3n) is 4.29. The maximum atomic E-state index is 12.8. The maximum Gasteiger partial charge on any atom is 0.240 e. The second-order valence-electron chi connectivity index (χ2n) is 6.29. The van der Waals surface area contributed by atoms with Crippen LogP contribution in [0, 0.1) is 5.92 Å². The normalized spacial score (nSPS) is 17.9. The second-order valence-corrected chi connectivity index (χ2v) is 6.29. The number of ether oxygens (including phenoxy) is 2. The van der Waals surface area contributed by atoms with Crippen LogP contribution in [-0.2, 0) is 9.53 Å². The molecular formula is C18H28N2O3. The summed E-state index contributed by atoms with van der Waals surface area (Å²) in [5.41, 5.74) is 1.07. The van der Waals surface area contributed by atoms with E-state index in [9.17, 15) is 4.79 Å².